The smallest absolute Gasteiger partial charge is 0.148 e. The van der Waals surface area contributed by atoms with E-state index in [2.05, 4.69) is 23.5 Å². The SMILES string of the molecule is CNCc1cccc(CN(C)CCS(C)(=O)=O)c1. The molecule has 0 aromatic heterocycles. The summed E-state index contributed by atoms with van der Waals surface area (Å²) in [5.41, 5.74) is 2.45. The minimum atomic E-state index is -2.88. The third kappa shape index (κ3) is 6.14. The van der Waals surface area contributed by atoms with Gasteiger partial charge >= 0.3 is 0 Å². The van der Waals surface area contributed by atoms with E-state index in [4.69, 9.17) is 0 Å². The standard InChI is InChI=1S/C13H22N2O2S/c1-14-10-12-5-4-6-13(9-12)11-15(2)7-8-18(3,16)17/h4-6,9,14H,7-8,10-11H2,1-3H3. The van der Waals surface area contributed by atoms with E-state index in [1.54, 1.807) is 0 Å². The number of nitrogens with zero attached hydrogens (tertiary/aromatic N) is 1. The van der Waals surface area contributed by atoms with Crippen LogP contribution in [0.1, 0.15) is 11.1 Å². The van der Waals surface area contributed by atoms with Crippen LogP contribution in [0.25, 0.3) is 0 Å². The fraction of sp³-hybridized carbons (Fsp3) is 0.538. The molecular weight excluding hydrogens is 248 g/mol. The van der Waals surface area contributed by atoms with Crippen molar-refractivity contribution in [2.24, 2.45) is 0 Å². The summed E-state index contributed by atoms with van der Waals surface area (Å²) in [5.74, 6) is 0.208. The summed E-state index contributed by atoms with van der Waals surface area (Å²) in [7, 11) is 0.982. The van der Waals surface area contributed by atoms with E-state index in [1.165, 1.54) is 17.4 Å². The van der Waals surface area contributed by atoms with Crippen molar-refractivity contribution >= 4 is 9.84 Å². The minimum absolute atomic E-state index is 0.208. The molecule has 0 bridgehead atoms. The van der Waals surface area contributed by atoms with Gasteiger partial charge in [0, 0.05) is 25.9 Å². The monoisotopic (exact) mass is 270 g/mol. The molecule has 102 valence electrons. The van der Waals surface area contributed by atoms with Crippen LogP contribution in [-0.4, -0.2) is 46.0 Å². The molecule has 1 rings (SSSR count). The Labute approximate surface area is 110 Å². The summed E-state index contributed by atoms with van der Waals surface area (Å²) < 4.78 is 22.2. The van der Waals surface area contributed by atoms with Gasteiger partial charge in [-0.05, 0) is 25.2 Å². The Morgan fingerprint density at radius 3 is 2.56 bits per heavy atom. The van der Waals surface area contributed by atoms with E-state index in [-0.39, 0.29) is 5.75 Å². The lowest BCUT2D eigenvalue weighted by molar-refractivity contribution is 0.346. The van der Waals surface area contributed by atoms with Gasteiger partial charge in [0.1, 0.15) is 9.84 Å². The Hall–Kier alpha value is -0.910. The highest BCUT2D eigenvalue weighted by atomic mass is 32.2. The molecular formula is C13H22N2O2S. The van der Waals surface area contributed by atoms with Crippen LogP contribution in [0.4, 0.5) is 0 Å². The average molecular weight is 270 g/mol. The maximum Gasteiger partial charge on any atom is 0.148 e. The number of hydrogen-bond donors (Lipinski definition) is 1. The number of benzene rings is 1. The third-order valence-corrected chi connectivity index (χ3v) is 3.59. The normalized spacial score (nSPS) is 12.0. The Bertz CT molecular complexity index is 472. The first-order chi connectivity index (χ1) is 8.40. The van der Waals surface area contributed by atoms with Crippen molar-refractivity contribution in [3.05, 3.63) is 35.4 Å². The lowest BCUT2D eigenvalue weighted by atomic mass is 10.1. The van der Waals surface area contributed by atoms with Gasteiger partial charge in [-0.15, -0.1) is 0 Å². The van der Waals surface area contributed by atoms with E-state index in [0.29, 0.717) is 6.54 Å². The van der Waals surface area contributed by atoms with Crippen molar-refractivity contribution in [1.82, 2.24) is 10.2 Å². The van der Waals surface area contributed by atoms with Crippen molar-refractivity contribution in [2.75, 3.05) is 32.6 Å². The first-order valence-corrected chi connectivity index (χ1v) is 8.05. The van der Waals surface area contributed by atoms with Gasteiger partial charge in [-0.2, -0.15) is 0 Å². The van der Waals surface area contributed by atoms with E-state index in [1.807, 2.05) is 25.1 Å². The number of hydrogen-bond acceptors (Lipinski definition) is 4. The third-order valence-electron chi connectivity index (χ3n) is 2.67. The van der Waals surface area contributed by atoms with Crippen LogP contribution in [-0.2, 0) is 22.9 Å². The van der Waals surface area contributed by atoms with Gasteiger partial charge in [0.25, 0.3) is 0 Å². The summed E-state index contributed by atoms with van der Waals surface area (Å²) in [4.78, 5) is 2.03. The summed E-state index contributed by atoms with van der Waals surface area (Å²) in [6.45, 7) is 2.18. The second-order valence-corrected chi connectivity index (χ2v) is 6.98. The van der Waals surface area contributed by atoms with Crippen LogP contribution in [0, 0.1) is 0 Å². The second-order valence-electron chi connectivity index (χ2n) is 4.72. The van der Waals surface area contributed by atoms with Crippen molar-refractivity contribution < 1.29 is 8.42 Å². The quantitative estimate of drug-likeness (QED) is 0.799. The maximum absolute atomic E-state index is 11.1. The van der Waals surface area contributed by atoms with Crippen LogP contribution in [0.3, 0.4) is 0 Å². The zero-order chi connectivity index (χ0) is 13.6. The Balaban J connectivity index is 2.53. The van der Waals surface area contributed by atoms with Gasteiger partial charge in [0.2, 0.25) is 0 Å². The molecule has 0 atom stereocenters. The topological polar surface area (TPSA) is 49.4 Å². The van der Waals surface area contributed by atoms with E-state index < -0.39 is 9.84 Å². The predicted octanol–water partition coefficient (Wildman–Crippen LogP) is 0.882. The molecule has 0 aliphatic heterocycles. The first-order valence-electron chi connectivity index (χ1n) is 5.99. The zero-order valence-corrected chi connectivity index (χ0v) is 12.1. The summed E-state index contributed by atoms with van der Waals surface area (Å²) in [6.07, 6.45) is 1.27. The molecule has 0 fully saturated rings. The molecule has 0 amide bonds. The van der Waals surface area contributed by atoms with Gasteiger partial charge in [-0.3, -0.25) is 0 Å². The molecule has 0 saturated carbocycles. The van der Waals surface area contributed by atoms with E-state index in [9.17, 15) is 8.42 Å². The molecule has 0 heterocycles. The largest absolute Gasteiger partial charge is 0.316 e. The van der Waals surface area contributed by atoms with Crippen molar-refractivity contribution in [1.29, 1.82) is 0 Å². The molecule has 0 unspecified atom stereocenters. The highest BCUT2D eigenvalue weighted by molar-refractivity contribution is 7.90. The minimum Gasteiger partial charge on any atom is -0.316 e. The molecule has 0 aliphatic carbocycles. The van der Waals surface area contributed by atoms with Crippen molar-refractivity contribution in [2.45, 2.75) is 13.1 Å². The highest BCUT2D eigenvalue weighted by Crippen LogP contribution is 2.07. The van der Waals surface area contributed by atoms with Gasteiger partial charge in [-0.1, -0.05) is 24.3 Å². The molecule has 1 N–H and O–H groups in total. The van der Waals surface area contributed by atoms with Crippen LogP contribution in [0.15, 0.2) is 24.3 Å². The number of nitrogens with one attached hydrogen (secondary N) is 1. The molecule has 18 heavy (non-hydrogen) atoms. The van der Waals surface area contributed by atoms with Gasteiger partial charge in [0.15, 0.2) is 0 Å². The highest BCUT2D eigenvalue weighted by Gasteiger charge is 2.06. The summed E-state index contributed by atoms with van der Waals surface area (Å²) >= 11 is 0. The van der Waals surface area contributed by atoms with Gasteiger partial charge in [-0.25, -0.2) is 8.42 Å². The lowest BCUT2D eigenvalue weighted by Crippen LogP contribution is -2.25. The van der Waals surface area contributed by atoms with E-state index >= 15 is 0 Å². The van der Waals surface area contributed by atoms with Crippen LogP contribution >= 0.6 is 0 Å². The molecule has 4 nitrogen and oxygen atoms in total. The molecule has 1 aromatic carbocycles. The molecule has 0 spiro atoms. The zero-order valence-electron chi connectivity index (χ0n) is 11.3. The fourth-order valence-electron chi connectivity index (χ4n) is 1.75. The van der Waals surface area contributed by atoms with Gasteiger partial charge in [0.05, 0.1) is 5.75 Å². The number of rotatable bonds is 7. The molecule has 1 aromatic rings. The summed E-state index contributed by atoms with van der Waals surface area (Å²) in [5, 5.41) is 3.12. The molecule has 0 radical (unpaired) electrons. The first kappa shape index (κ1) is 15.1. The fourth-order valence-corrected chi connectivity index (χ4v) is 2.40. The Morgan fingerprint density at radius 1 is 1.28 bits per heavy atom. The molecule has 0 saturated heterocycles. The van der Waals surface area contributed by atoms with E-state index in [0.717, 1.165) is 13.1 Å². The number of sulfone groups is 1. The van der Waals surface area contributed by atoms with Crippen LogP contribution < -0.4 is 5.32 Å². The Kier molecular flexibility index (Phi) is 5.78. The maximum atomic E-state index is 11.1. The molecule has 0 aliphatic rings. The van der Waals surface area contributed by atoms with Crippen LogP contribution in [0.2, 0.25) is 0 Å². The van der Waals surface area contributed by atoms with Crippen LogP contribution in [0.5, 0.6) is 0 Å². The van der Waals surface area contributed by atoms with Crippen molar-refractivity contribution in [3.63, 3.8) is 0 Å². The summed E-state index contributed by atoms with van der Waals surface area (Å²) in [6, 6.07) is 8.33. The van der Waals surface area contributed by atoms with Crippen molar-refractivity contribution in [3.8, 4) is 0 Å². The lowest BCUT2D eigenvalue weighted by Gasteiger charge is -2.16. The molecule has 5 heteroatoms. The van der Waals surface area contributed by atoms with Gasteiger partial charge < -0.3 is 10.2 Å². The Morgan fingerprint density at radius 2 is 1.94 bits per heavy atom. The average Bonchev–Trinajstić information content (AvgIpc) is 2.26. The predicted molar refractivity (Wildman–Crippen MR) is 75.3 cm³/mol. The second kappa shape index (κ2) is 6.87.